The first-order valence-corrected chi connectivity index (χ1v) is 5.13. The van der Waals surface area contributed by atoms with E-state index in [1.807, 2.05) is 9.97 Å². The maximum atomic E-state index is 11.5. The van der Waals surface area contributed by atoms with Crippen molar-refractivity contribution in [3.63, 3.8) is 0 Å². The molecule has 6 N–H and O–H groups in total. The molecule has 1 unspecified atom stereocenters. The highest BCUT2D eigenvalue weighted by Crippen LogP contribution is 2.30. The lowest BCUT2D eigenvalue weighted by Gasteiger charge is -2.34. The summed E-state index contributed by atoms with van der Waals surface area (Å²) in [6.07, 6.45) is -5.76. The average molecular weight is 260 g/mol. The number of nitrogens with one attached hydrogen (secondary N) is 2. The van der Waals surface area contributed by atoms with Crippen LogP contribution in [0.2, 0.25) is 0 Å². The summed E-state index contributed by atoms with van der Waals surface area (Å²) in [5.41, 5.74) is -2.26. The maximum Gasteiger partial charge on any atom is 0.328 e. The summed E-state index contributed by atoms with van der Waals surface area (Å²) in [5, 5.41) is 37.9. The van der Waals surface area contributed by atoms with Crippen LogP contribution >= 0.6 is 0 Å². The van der Waals surface area contributed by atoms with Gasteiger partial charge < -0.3 is 25.2 Å². The van der Waals surface area contributed by atoms with Gasteiger partial charge in [0.05, 0.1) is 6.61 Å². The molecule has 4 atom stereocenters. The van der Waals surface area contributed by atoms with Gasteiger partial charge in [-0.15, -0.1) is 0 Å². The Balaban J connectivity index is 2.44. The summed E-state index contributed by atoms with van der Waals surface area (Å²) in [6.45, 7) is -0.319. The summed E-state index contributed by atoms with van der Waals surface area (Å²) in [4.78, 5) is 26.2. The second-order valence-corrected chi connectivity index (χ2v) is 3.97. The number of aliphatic hydroxyl groups is 3. The molecule has 0 saturated carbocycles. The second kappa shape index (κ2) is 4.53. The van der Waals surface area contributed by atoms with E-state index in [9.17, 15) is 30.0 Å². The molecule has 9 heteroatoms. The highest BCUT2D eigenvalue weighted by atomic mass is 16.5. The van der Waals surface area contributed by atoms with Gasteiger partial charge in [0.15, 0.2) is 0 Å². The first-order valence-electron chi connectivity index (χ1n) is 5.13. The normalized spacial score (nSPS) is 32.4. The molecule has 0 amide bonds. The van der Waals surface area contributed by atoms with Crippen molar-refractivity contribution >= 4 is 0 Å². The van der Waals surface area contributed by atoms with Crippen LogP contribution in [0.4, 0.5) is 0 Å². The third-order valence-corrected chi connectivity index (χ3v) is 2.74. The van der Waals surface area contributed by atoms with Gasteiger partial charge in [-0.3, -0.25) is 14.8 Å². The van der Waals surface area contributed by atoms with Crippen molar-refractivity contribution in [1.29, 1.82) is 0 Å². The zero-order chi connectivity index (χ0) is 13.4. The van der Waals surface area contributed by atoms with Crippen LogP contribution in [-0.2, 0) is 4.74 Å². The molecule has 1 aromatic rings. The summed E-state index contributed by atoms with van der Waals surface area (Å²) in [7, 11) is 0. The quantitative estimate of drug-likeness (QED) is 0.312. The minimum Gasteiger partial charge on any atom is -0.494 e. The van der Waals surface area contributed by atoms with Gasteiger partial charge in [0.2, 0.25) is 5.88 Å². The fourth-order valence-corrected chi connectivity index (χ4v) is 1.81. The smallest absolute Gasteiger partial charge is 0.328 e. The predicted molar refractivity (Wildman–Crippen MR) is 56.1 cm³/mol. The first kappa shape index (κ1) is 12.8. The number of aliphatic hydroxyl groups excluding tert-OH is 3. The molecule has 9 nitrogen and oxygen atoms in total. The van der Waals surface area contributed by atoms with Crippen LogP contribution < -0.4 is 11.2 Å². The van der Waals surface area contributed by atoms with Crippen molar-refractivity contribution in [2.45, 2.75) is 24.4 Å². The van der Waals surface area contributed by atoms with E-state index in [0.29, 0.717) is 0 Å². The number of rotatable bonds is 1. The number of hydrogen-bond donors (Lipinski definition) is 6. The van der Waals surface area contributed by atoms with E-state index in [-0.39, 0.29) is 6.61 Å². The van der Waals surface area contributed by atoms with Crippen LogP contribution in [-0.4, -0.2) is 55.3 Å². The van der Waals surface area contributed by atoms with Gasteiger partial charge in [-0.25, -0.2) is 4.79 Å². The van der Waals surface area contributed by atoms with Gasteiger partial charge in [-0.2, -0.15) is 0 Å². The molecule has 2 rings (SSSR count). The fourth-order valence-electron chi connectivity index (χ4n) is 1.81. The van der Waals surface area contributed by atoms with Gasteiger partial charge in [0, 0.05) is 0 Å². The molecule has 1 fully saturated rings. The zero-order valence-electron chi connectivity index (χ0n) is 9.03. The SMILES string of the molecule is O=c1[nH]c(O)c(C2OC[C@@H](O)[C@H](O)[C@H]2O)c(=O)[nH]1. The topological polar surface area (TPSA) is 156 Å². The van der Waals surface area contributed by atoms with Crippen molar-refractivity contribution < 1.29 is 25.2 Å². The summed E-state index contributed by atoms with van der Waals surface area (Å²) in [5.74, 6) is -0.753. The predicted octanol–water partition coefficient (Wildman–Crippen LogP) is -3.08. The molecule has 1 aromatic heterocycles. The second-order valence-electron chi connectivity index (χ2n) is 3.97. The van der Waals surface area contributed by atoms with Gasteiger partial charge >= 0.3 is 5.69 Å². The molecule has 1 aliphatic rings. The Labute approximate surface area is 99.3 Å². The number of ether oxygens (including phenoxy) is 1. The molecule has 0 radical (unpaired) electrons. The van der Waals surface area contributed by atoms with Gasteiger partial charge in [-0.05, 0) is 0 Å². The minimum absolute atomic E-state index is 0.319. The van der Waals surface area contributed by atoms with E-state index in [0.717, 1.165) is 0 Å². The van der Waals surface area contributed by atoms with Crippen molar-refractivity contribution in [3.8, 4) is 5.88 Å². The van der Waals surface area contributed by atoms with Crippen LogP contribution in [0, 0.1) is 0 Å². The lowest BCUT2D eigenvalue weighted by Crippen LogP contribution is -2.50. The van der Waals surface area contributed by atoms with Gasteiger partial charge in [0.1, 0.15) is 30.0 Å². The molecule has 0 bridgehead atoms. The highest BCUT2D eigenvalue weighted by Gasteiger charge is 2.40. The molecule has 18 heavy (non-hydrogen) atoms. The lowest BCUT2D eigenvalue weighted by atomic mass is 9.96. The van der Waals surface area contributed by atoms with Gasteiger partial charge in [0.25, 0.3) is 5.56 Å². The van der Waals surface area contributed by atoms with E-state index in [2.05, 4.69) is 0 Å². The Morgan fingerprint density at radius 3 is 2.39 bits per heavy atom. The minimum atomic E-state index is -1.60. The maximum absolute atomic E-state index is 11.5. The van der Waals surface area contributed by atoms with Crippen molar-refractivity contribution in [2.24, 2.45) is 0 Å². The molecule has 1 saturated heterocycles. The Morgan fingerprint density at radius 1 is 1.11 bits per heavy atom. The average Bonchev–Trinajstić information content (AvgIpc) is 2.28. The molecule has 0 aromatic carbocycles. The van der Waals surface area contributed by atoms with Gasteiger partial charge in [-0.1, -0.05) is 0 Å². The Bertz CT molecular complexity index is 551. The largest absolute Gasteiger partial charge is 0.494 e. The Hall–Kier alpha value is -1.68. The monoisotopic (exact) mass is 260 g/mol. The summed E-state index contributed by atoms with van der Waals surface area (Å²) < 4.78 is 5.00. The van der Waals surface area contributed by atoms with E-state index in [4.69, 9.17) is 4.74 Å². The van der Waals surface area contributed by atoms with Crippen LogP contribution in [0.3, 0.4) is 0 Å². The van der Waals surface area contributed by atoms with Crippen molar-refractivity contribution in [3.05, 3.63) is 26.4 Å². The molecule has 0 aliphatic carbocycles. The van der Waals surface area contributed by atoms with Crippen LogP contribution in [0.1, 0.15) is 11.7 Å². The molecule has 2 heterocycles. The number of aromatic amines is 2. The highest BCUT2D eigenvalue weighted by molar-refractivity contribution is 5.25. The van der Waals surface area contributed by atoms with Crippen LogP contribution in [0.5, 0.6) is 5.88 Å². The van der Waals surface area contributed by atoms with E-state index >= 15 is 0 Å². The van der Waals surface area contributed by atoms with Crippen LogP contribution in [0.25, 0.3) is 0 Å². The lowest BCUT2D eigenvalue weighted by molar-refractivity contribution is -0.190. The number of hydrogen-bond acceptors (Lipinski definition) is 7. The van der Waals surface area contributed by atoms with Crippen molar-refractivity contribution in [2.75, 3.05) is 6.61 Å². The summed E-state index contributed by atoms with van der Waals surface area (Å²) in [6, 6.07) is 0. The Kier molecular flexibility index (Phi) is 3.22. The first-order chi connectivity index (χ1) is 8.41. The van der Waals surface area contributed by atoms with E-state index in [1.54, 1.807) is 0 Å². The standard InChI is InChI=1S/C9H12N2O7/c12-2-1-18-6(5(14)4(2)13)3-7(15)10-9(17)11-8(3)16/h2,4-6,12-14H,1H2,(H3,10,11,15,16,17)/t2-,4+,5-,6?/m1/s1. The number of aromatic hydroxyl groups is 1. The number of aromatic nitrogens is 2. The number of H-pyrrole nitrogens is 2. The molecule has 1 aliphatic heterocycles. The zero-order valence-corrected chi connectivity index (χ0v) is 9.03. The van der Waals surface area contributed by atoms with E-state index in [1.165, 1.54) is 0 Å². The Morgan fingerprint density at radius 2 is 1.78 bits per heavy atom. The summed E-state index contributed by atoms with van der Waals surface area (Å²) >= 11 is 0. The molecule has 100 valence electrons. The molecular weight excluding hydrogens is 248 g/mol. The van der Waals surface area contributed by atoms with Crippen LogP contribution in [0.15, 0.2) is 9.59 Å². The molecular formula is C9H12N2O7. The molecule has 0 spiro atoms. The van der Waals surface area contributed by atoms with Crippen molar-refractivity contribution in [1.82, 2.24) is 9.97 Å². The third kappa shape index (κ3) is 2.04. The third-order valence-electron chi connectivity index (χ3n) is 2.74. The fraction of sp³-hybridized carbons (Fsp3) is 0.556. The van der Waals surface area contributed by atoms with E-state index < -0.39 is 47.1 Å².